The summed E-state index contributed by atoms with van der Waals surface area (Å²) in [4.78, 5) is 20.3. The zero-order valence-corrected chi connectivity index (χ0v) is 11.2. The van der Waals surface area contributed by atoms with Crippen LogP contribution in [-0.4, -0.2) is 36.1 Å². The van der Waals surface area contributed by atoms with Gasteiger partial charge < -0.3 is 0 Å². The molecular weight excluding hydrogens is 303 g/mol. The van der Waals surface area contributed by atoms with Gasteiger partial charge in [-0.3, -0.25) is 9.69 Å². The molecule has 0 spiro atoms. The lowest BCUT2D eigenvalue weighted by Gasteiger charge is -2.16. The van der Waals surface area contributed by atoms with Crippen LogP contribution in [-0.2, 0) is 14.8 Å². The fourth-order valence-corrected chi connectivity index (χ4v) is 2.68. The van der Waals surface area contributed by atoms with E-state index in [1.54, 1.807) is 0 Å². The summed E-state index contributed by atoms with van der Waals surface area (Å²) in [5.74, 6) is -0.335. The van der Waals surface area contributed by atoms with Gasteiger partial charge in [0.25, 0.3) is 0 Å². The highest BCUT2D eigenvalue weighted by Crippen LogP contribution is 2.29. The van der Waals surface area contributed by atoms with Gasteiger partial charge in [0.2, 0.25) is 21.2 Å². The SMILES string of the molecule is NS(=O)(=O)C1CC(=O)N(c2nc(Cl)ncc2Cl)C1. The molecule has 0 bridgehead atoms. The van der Waals surface area contributed by atoms with Crippen LogP contribution in [0, 0.1) is 0 Å². The largest absolute Gasteiger partial charge is 0.294 e. The molecule has 1 amide bonds. The molecule has 1 saturated heterocycles. The molecule has 0 aromatic carbocycles. The second-order valence-corrected chi connectivity index (χ2v) is 6.32. The van der Waals surface area contributed by atoms with Gasteiger partial charge in [-0.2, -0.15) is 4.98 Å². The van der Waals surface area contributed by atoms with Crippen LogP contribution < -0.4 is 10.0 Å². The van der Waals surface area contributed by atoms with Crippen LogP contribution in [0.5, 0.6) is 0 Å². The molecule has 10 heteroatoms. The quantitative estimate of drug-likeness (QED) is 0.784. The Morgan fingerprint density at radius 1 is 1.44 bits per heavy atom. The summed E-state index contributed by atoms with van der Waals surface area (Å²) in [6, 6.07) is 0. The zero-order chi connectivity index (χ0) is 13.5. The van der Waals surface area contributed by atoms with Crippen molar-refractivity contribution >= 4 is 45.0 Å². The van der Waals surface area contributed by atoms with E-state index in [9.17, 15) is 13.2 Å². The Bertz CT molecular complexity index is 606. The van der Waals surface area contributed by atoms with Gasteiger partial charge in [0.15, 0.2) is 5.82 Å². The molecule has 1 aromatic rings. The monoisotopic (exact) mass is 310 g/mol. The highest BCUT2D eigenvalue weighted by molar-refractivity contribution is 7.89. The van der Waals surface area contributed by atoms with E-state index in [-0.39, 0.29) is 29.1 Å². The van der Waals surface area contributed by atoms with E-state index in [1.165, 1.54) is 6.20 Å². The van der Waals surface area contributed by atoms with E-state index >= 15 is 0 Å². The third-order valence-corrected chi connectivity index (χ3v) is 4.20. The van der Waals surface area contributed by atoms with Crippen LogP contribution in [0.2, 0.25) is 10.3 Å². The molecule has 0 aliphatic carbocycles. The number of halogens is 2. The number of nitrogens with two attached hydrogens (primary N) is 1. The van der Waals surface area contributed by atoms with Crippen molar-refractivity contribution < 1.29 is 13.2 Å². The Morgan fingerprint density at radius 3 is 2.67 bits per heavy atom. The van der Waals surface area contributed by atoms with Crippen LogP contribution >= 0.6 is 23.2 Å². The molecule has 1 unspecified atom stereocenters. The highest BCUT2D eigenvalue weighted by Gasteiger charge is 2.38. The second kappa shape index (κ2) is 4.61. The number of nitrogens with zero attached hydrogens (tertiary/aromatic N) is 3. The van der Waals surface area contributed by atoms with E-state index in [4.69, 9.17) is 28.3 Å². The molecule has 1 aliphatic rings. The lowest BCUT2D eigenvalue weighted by atomic mass is 10.4. The van der Waals surface area contributed by atoms with Crippen molar-refractivity contribution in [2.45, 2.75) is 11.7 Å². The van der Waals surface area contributed by atoms with E-state index in [0.29, 0.717) is 0 Å². The summed E-state index contributed by atoms with van der Waals surface area (Å²) in [6.45, 7) is -0.0925. The molecule has 2 rings (SSSR count). The van der Waals surface area contributed by atoms with Gasteiger partial charge in [0, 0.05) is 13.0 Å². The third kappa shape index (κ3) is 2.56. The third-order valence-electron chi connectivity index (χ3n) is 2.51. The van der Waals surface area contributed by atoms with Gasteiger partial charge in [-0.1, -0.05) is 11.6 Å². The van der Waals surface area contributed by atoms with Crippen LogP contribution in [0.3, 0.4) is 0 Å². The predicted molar refractivity (Wildman–Crippen MR) is 65.9 cm³/mol. The van der Waals surface area contributed by atoms with E-state index < -0.39 is 21.2 Å². The topological polar surface area (TPSA) is 106 Å². The molecule has 2 N–H and O–H groups in total. The molecule has 98 valence electrons. The standard InChI is InChI=1S/C8H8Cl2N4O3S/c9-5-2-12-8(10)13-7(5)14-3-4(1-6(14)15)18(11,16)17/h2,4H,1,3H2,(H2,11,16,17). The second-order valence-electron chi connectivity index (χ2n) is 3.73. The average molecular weight is 311 g/mol. The maximum Gasteiger partial charge on any atom is 0.229 e. The summed E-state index contributed by atoms with van der Waals surface area (Å²) >= 11 is 11.5. The normalized spacial score (nSPS) is 20.5. The zero-order valence-electron chi connectivity index (χ0n) is 8.88. The van der Waals surface area contributed by atoms with Gasteiger partial charge in [-0.25, -0.2) is 18.5 Å². The summed E-state index contributed by atoms with van der Waals surface area (Å²) in [5, 5.41) is 4.08. The first-order chi connectivity index (χ1) is 8.29. The lowest BCUT2D eigenvalue weighted by molar-refractivity contribution is -0.117. The summed E-state index contributed by atoms with van der Waals surface area (Å²) < 4.78 is 22.4. The molecule has 0 radical (unpaired) electrons. The highest BCUT2D eigenvalue weighted by atomic mass is 35.5. The molecule has 2 heterocycles. The first-order valence-electron chi connectivity index (χ1n) is 4.79. The number of amides is 1. The van der Waals surface area contributed by atoms with Crippen LogP contribution in [0.25, 0.3) is 0 Å². The van der Waals surface area contributed by atoms with Crippen molar-refractivity contribution in [2.75, 3.05) is 11.4 Å². The number of sulfonamides is 1. The summed E-state index contributed by atoms with van der Waals surface area (Å²) in [5.41, 5.74) is 0. The Balaban J connectivity index is 2.35. The van der Waals surface area contributed by atoms with E-state index in [0.717, 1.165) is 4.90 Å². The molecule has 18 heavy (non-hydrogen) atoms. The number of aromatic nitrogens is 2. The van der Waals surface area contributed by atoms with Gasteiger partial charge >= 0.3 is 0 Å². The molecule has 1 aliphatic heterocycles. The van der Waals surface area contributed by atoms with Crippen molar-refractivity contribution in [3.05, 3.63) is 16.5 Å². The number of hydrogen-bond donors (Lipinski definition) is 1. The van der Waals surface area contributed by atoms with Crippen molar-refractivity contribution in [1.82, 2.24) is 9.97 Å². The van der Waals surface area contributed by atoms with Crippen molar-refractivity contribution in [2.24, 2.45) is 5.14 Å². The molecule has 0 saturated carbocycles. The number of anilines is 1. The molecule has 1 fully saturated rings. The number of carbonyl (C=O) groups is 1. The van der Waals surface area contributed by atoms with Gasteiger partial charge in [-0.05, 0) is 11.6 Å². The van der Waals surface area contributed by atoms with Gasteiger partial charge in [-0.15, -0.1) is 0 Å². The predicted octanol–water partition coefficient (Wildman–Crippen LogP) is 0.177. The Kier molecular flexibility index (Phi) is 3.45. The fourth-order valence-electron chi connectivity index (χ4n) is 1.63. The molecular formula is C8H8Cl2N4O3S. The minimum absolute atomic E-state index is 0.0822. The molecule has 1 aromatic heterocycles. The maximum atomic E-state index is 11.7. The summed E-state index contributed by atoms with van der Waals surface area (Å²) in [6.07, 6.45) is 1.04. The summed E-state index contributed by atoms with van der Waals surface area (Å²) in [7, 11) is -3.78. The van der Waals surface area contributed by atoms with Crippen molar-refractivity contribution in [1.29, 1.82) is 0 Å². The van der Waals surface area contributed by atoms with Crippen LogP contribution in [0.1, 0.15) is 6.42 Å². The Morgan fingerprint density at radius 2 is 2.11 bits per heavy atom. The Hall–Kier alpha value is -0.960. The van der Waals surface area contributed by atoms with Gasteiger partial charge in [0.1, 0.15) is 10.3 Å². The fraction of sp³-hybridized carbons (Fsp3) is 0.375. The van der Waals surface area contributed by atoms with Gasteiger partial charge in [0.05, 0.1) is 6.20 Å². The van der Waals surface area contributed by atoms with Crippen molar-refractivity contribution in [3.63, 3.8) is 0 Å². The maximum absolute atomic E-state index is 11.7. The van der Waals surface area contributed by atoms with E-state index in [2.05, 4.69) is 9.97 Å². The average Bonchev–Trinajstić information content (AvgIpc) is 2.64. The first-order valence-corrected chi connectivity index (χ1v) is 7.15. The smallest absolute Gasteiger partial charge is 0.229 e. The number of hydrogen-bond acceptors (Lipinski definition) is 5. The van der Waals surface area contributed by atoms with Crippen molar-refractivity contribution in [3.8, 4) is 0 Å². The first kappa shape index (κ1) is 13.5. The van der Waals surface area contributed by atoms with Crippen LogP contribution in [0.4, 0.5) is 5.82 Å². The number of primary sulfonamides is 1. The van der Waals surface area contributed by atoms with Crippen LogP contribution in [0.15, 0.2) is 6.20 Å². The minimum Gasteiger partial charge on any atom is -0.294 e. The van der Waals surface area contributed by atoms with E-state index in [1.807, 2.05) is 0 Å². The minimum atomic E-state index is -3.78. The number of carbonyl (C=O) groups excluding carboxylic acids is 1. The lowest BCUT2D eigenvalue weighted by Crippen LogP contribution is -2.32. The number of rotatable bonds is 2. The molecule has 1 atom stereocenters. The molecule has 7 nitrogen and oxygen atoms in total. The Labute approximate surface area is 113 Å².